The van der Waals surface area contributed by atoms with E-state index in [1.807, 2.05) is 13.0 Å². The van der Waals surface area contributed by atoms with Crippen LogP contribution in [0.25, 0.3) is 0 Å². The molecule has 7 nitrogen and oxygen atoms in total. The molecule has 7 heteroatoms. The van der Waals surface area contributed by atoms with E-state index in [9.17, 15) is 10.1 Å². The van der Waals surface area contributed by atoms with Crippen molar-refractivity contribution in [3.8, 4) is 0 Å². The molecule has 1 aromatic carbocycles. The first kappa shape index (κ1) is 12.0. The molecule has 0 bridgehead atoms. The molecule has 2 aromatic rings. The molecule has 0 aliphatic heterocycles. The van der Waals surface area contributed by atoms with Crippen LogP contribution < -0.4 is 5.32 Å². The van der Waals surface area contributed by atoms with Crippen LogP contribution >= 0.6 is 0 Å². The van der Waals surface area contributed by atoms with Gasteiger partial charge < -0.3 is 5.32 Å². The third kappa shape index (κ3) is 2.62. The van der Waals surface area contributed by atoms with Gasteiger partial charge in [-0.3, -0.25) is 14.8 Å². The molecule has 94 valence electrons. The number of anilines is 1. The summed E-state index contributed by atoms with van der Waals surface area (Å²) in [5, 5.41) is 21.6. The lowest BCUT2D eigenvalue weighted by Crippen LogP contribution is -2.03. The topological polar surface area (TPSA) is 85.9 Å². The van der Waals surface area contributed by atoms with Gasteiger partial charge in [0.25, 0.3) is 5.69 Å². The molecule has 1 N–H and O–H groups in total. The first-order valence-electron chi connectivity index (χ1n) is 5.40. The highest BCUT2D eigenvalue weighted by molar-refractivity contribution is 5.62. The Labute approximate surface area is 104 Å². The molecule has 0 aliphatic rings. The minimum Gasteiger partial charge on any atom is -0.374 e. The number of nitro benzene ring substituents is 1. The number of nitrogens with zero attached hydrogens (tertiary/aromatic N) is 4. The van der Waals surface area contributed by atoms with Crippen molar-refractivity contribution < 1.29 is 4.92 Å². The van der Waals surface area contributed by atoms with Gasteiger partial charge >= 0.3 is 0 Å². The number of benzene rings is 1. The molecule has 0 saturated carbocycles. The monoisotopic (exact) mass is 247 g/mol. The molecule has 1 aromatic heterocycles. The van der Waals surface area contributed by atoms with Crippen molar-refractivity contribution in [2.24, 2.45) is 7.05 Å². The molecule has 0 amide bonds. The maximum atomic E-state index is 10.9. The van der Waals surface area contributed by atoms with Gasteiger partial charge in [-0.25, -0.2) is 0 Å². The number of nitrogens with one attached hydrogen (secondary N) is 1. The van der Waals surface area contributed by atoms with E-state index in [-0.39, 0.29) is 5.69 Å². The summed E-state index contributed by atoms with van der Waals surface area (Å²) in [7, 11) is 1.77. The minimum absolute atomic E-state index is 0.0684. The Kier molecular flexibility index (Phi) is 3.22. The van der Waals surface area contributed by atoms with Crippen LogP contribution in [-0.2, 0) is 13.6 Å². The van der Waals surface area contributed by atoms with Crippen LogP contribution in [0.5, 0.6) is 0 Å². The van der Waals surface area contributed by atoms with Crippen LogP contribution in [0.15, 0.2) is 24.4 Å². The number of rotatable bonds is 4. The van der Waals surface area contributed by atoms with E-state index in [0.717, 1.165) is 11.3 Å². The van der Waals surface area contributed by atoms with Crippen LogP contribution in [-0.4, -0.2) is 19.9 Å². The molecule has 0 spiro atoms. The molecule has 0 aliphatic carbocycles. The van der Waals surface area contributed by atoms with Gasteiger partial charge in [-0.1, -0.05) is 11.3 Å². The lowest BCUT2D eigenvalue weighted by atomic mass is 10.2. The van der Waals surface area contributed by atoms with Crippen molar-refractivity contribution in [3.63, 3.8) is 0 Å². The predicted molar refractivity (Wildman–Crippen MR) is 66.2 cm³/mol. The van der Waals surface area contributed by atoms with Gasteiger partial charge in [-0.05, 0) is 18.6 Å². The minimum atomic E-state index is -0.397. The van der Waals surface area contributed by atoms with E-state index >= 15 is 0 Å². The molecule has 2 rings (SSSR count). The fraction of sp³-hybridized carbons (Fsp3) is 0.273. The third-order valence-corrected chi connectivity index (χ3v) is 2.46. The predicted octanol–water partition coefficient (Wildman–Crippen LogP) is 1.64. The molecule has 0 unspecified atom stereocenters. The van der Waals surface area contributed by atoms with Gasteiger partial charge in [0.15, 0.2) is 0 Å². The summed E-state index contributed by atoms with van der Waals surface area (Å²) in [4.78, 5) is 10.5. The standard InChI is InChI=1S/C11H13N5O2/c1-8-3-4-10(11(5-8)16(17)18)12-6-9-7-15(2)14-13-9/h3-5,7,12H,6H2,1-2H3. The Bertz CT molecular complexity index is 579. The van der Waals surface area contributed by atoms with Crippen molar-refractivity contribution in [1.82, 2.24) is 15.0 Å². The van der Waals surface area contributed by atoms with Gasteiger partial charge in [0, 0.05) is 19.3 Å². The van der Waals surface area contributed by atoms with E-state index in [0.29, 0.717) is 12.2 Å². The zero-order valence-electron chi connectivity index (χ0n) is 10.1. The first-order valence-corrected chi connectivity index (χ1v) is 5.40. The van der Waals surface area contributed by atoms with Crippen molar-refractivity contribution in [1.29, 1.82) is 0 Å². The van der Waals surface area contributed by atoms with Crippen molar-refractivity contribution in [2.75, 3.05) is 5.32 Å². The SMILES string of the molecule is Cc1ccc(NCc2cn(C)nn2)c([N+](=O)[O-])c1. The summed E-state index contributed by atoms with van der Waals surface area (Å²) in [6.07, 6.45) is 1.76. The lowest BCUT2D eigenvalue weighted by molar-refractivity contribution is -0.384. The van der Waals surface area contributed by atoms with E-state index in [2.05, 4.69) is 15.6 Å². The van der Waals surface area contributed by atoms with E-state index in [1.54, 1.807) is 30.1 Å². The second kappa shape index (κ2) is 4.82. The third-order valence-electron chi connectivity index (χ3n) is 2.46. The fourth-order valence-electron chi connectivity index (χ4n) is 1.60. The molecule has 0 atom stereocenters. The smallest absolute Gasteiger partial charge is 0.292 e. The zero-order valence-corrected chi connectivity index (χ0v) is 10.1. The Morgan fingerprint density at radius 3 is 2.89 bits per heavy atom. The first-order chi connectivity index (χ1) is 8.56. The number of aryl methyl sites for hydroxylation is 2. The van der Waals surface area contributed by atoms with Crippen molar-refractivity contribution >= 4 is 11.4 Å². The normalized spacial score (nSPS) is 10.3. The highest BCUT2D eigenvalue weighted by atomic mass is 16.6. The second-order valence-electron chi connectivity index (χ2n) is 4.01. The van der Waals surface area contributed by atoms with E-state index in [1.165, 1.54) is 0 Å². The number of aromatic nitrogens is 3. The van der Waals surface area contributed by atoms with Gasteiger partial charge in [-0.2, -0.15) is 0 Å². The van der Waals surface area contributed by atoms with Crippen molar-refractivity contribution in [2.45, 2.75) is 13.5 Å². The molecule has 18 heavy (non-hydrogen) atoms. The molecule has 0 radical (unpaired) electrons. The Morgan fingerprint density at radius 1 is 1.50 bits per heavy atom. The molecular weight excluding hydrogens is 234 g/mol. The largest absolute Gasteiger partial charge is 0.374 e. The summed E-state index contributed by atoms with van der Waals surface area (Å²) < 4.78 is 1.58. The van der Waals surface area contributed by atoms with Gasteiger partial charge in [0.2, 0.25) is 0 Å². The molecule has 0 fully saturated rings. The van der Waals surface area contributed by atoms with E-state index < -0.39 is 4.92 Å². The van der Waals surface area contributed by atoms with Crippen LogP contribution in [0.3, 0.4) is 0 Å². The summed E-state index contributed by atoms with van der Waals surface area (Å²) in [6, 6.07) is 5.06. The summed E-state index contributed by atoms with van der Waals surface area (Å²) in [5.41, 5.74) is 2.13. The average Bonchev–Trinajstić information content (AvgIpc) is 2.73. The molecule has 1 heterocycles. The second-order valence-corrected chi connectivity index (χ2v) is 4.01. The lowest BCUT2D eigenvalue weighted by Gasteiger charge is -2.05. The maximum absolute atomic E-state index is 10.9. The Morgan fingerprint density at radius 2 is 2.28 bits per heavy atom. The van der Waals surface area contributed by atoms with E-state index in [4.69, 9.17) is 0 Å². The van der Waals surface area contributed by atoms with Crippen molar-refractivity contribution in [3.05, 3.63) is 45.8 Å². The van der Waals surface area contributed by atoms with Crippen LogP contribution in [0, 0.1) is 17.0 Å². The molecule has 0 saturated heterocycles. The number of hydrogen-bond donors (Lipinski definition) is 1. The van der Waals surface area contributed by atoms with Crippen LogP contribution in [0.2, 0.25) is 0 Å². The highest BCUT2D eigenvalue weighted by Crippen LogP contribution is 2.25. The summed E-state index contributed by atoms with van der Waals surface area (Å²) >= 11 is 0. The van der Waals surface area contributed by atoms with Gasteiger partial charge in [0.05, 0.1) is 11.5 Å². The van der Waals surface area contributed by atoms with Crippen LogP contribution in [0.1, 0.15) is 11.3 Å². The number of hydrogen-bond acceptors (Lipinski definition) is 5. The Balaban J connectivity index is 2.16. The quantitative estimate of drug-likeness (QED) is 0.655. The fourth-order valence-corrected chi connectivity index (χ4v) is 1.60. The number of nitro groups is 1. The summed E-state index contributed by atoms with van der Waals surface area (Å²) in [6.45, 7) is 2.22. The van der Waals surface area contributed by atoms with Gasteiger partial charge in [0.1, 0.15) is 11.4 Å². The maximum Gasteiger partial charge on any atom is 0.292 e. The molecular formula is C11H13N5O2. The average molecular weight is 247 g/mol. The highest BCUT2D eigenvalue weighted by Gasteiger charge is 2.13. The zero-order chi connectivity index (χ0) is 13.1. The summed E-state index contributed by atoms with van der Waals surface area (Å²) in [5.74, 6) is 0. The Hall–Kier alpha value is -2.44. The van der Waals surface area contributed by atoms with Gasteiger partial charge in [-0.15, -0.1) is 5.10 Å². The van der Waals surface area contributed by atoms with Crippen LogP contribution in [0.4, 0.5) is 11.4 Å².